The molecule has 1 saturated heterocycles. The Balaban J connectivity index is 1.96. The molecule has 1 aliphatic heterocycles. The van der Waals surface area contributed by atoms with Crippen molar-refractivity contribution in [2.75, 3.05) is 13.2 Å². The molecular weight excluding hydrogens is 236 g/mol. The van der Waals surface area contributed by atoms with Crippen molar-refractivity contribution in [1.82, 2.24) is 0 Å². The maximum atomic E-state index is 11.0. The topological polar surface area (TPSA) is 29.5 Å². The summed E-state index contributed by atoms with van der Waals surface area (Å²) in [7, 11) is 0. The maximum absolute atomic E-state index is 11.0. The van der Waals surface area contributed by atoms with Crippen LogP contribution in [0.1, 0.15) is 29.5 Å². The molecule has 1 fully saturated rings. The van der Waals surface area contributed by atoms with Crippen LogP contribution in [0.25, 0.3) is 10.8 Å². The molecule has 19 heavy (non-hydrogen) atoms. The van der Waals surface area contributed by atoms with Gasteiger partial charge in [-0.25, -0.2) is 0 Å². The van der Waals surface area contributed by atoms with E-state index in [0.29, 0.717) is 26.1 Å². The number of aryl methyl sites for hydroxylation is 2. The third-order valence-corrected chi connectivity index (χ3v) is 4.70. The number of hydrogen-bond donors (Lipinski definition) is 1. The molecule has 0 atom stereocenters. The number of hydrogen-bond acceptors (Lipinski definition) is 2. The third-order valence-electron chi connectivity index (χ3n) is 4.70. The highest BCUT2D eigenvalue weighted by Gasteiger charge is 2.34. The number of ether oxygens (including phenoxy) is 1. The standard InChI is InChI=1S/C17H18O2/c18-17(8-10-19-11-9-17)15-7-6-13-5-4-12-2-1-3-14(15)16(12)13/h1-3,6-7,18H,4-5,8-11H2. The minimum Gasteiger partial charge on any atom is -0.385 e. The molecule has 2 aliphatic rings. The SMILES string of the molecule is OC1(c2ccc3c4c(cccc24)CC3)CCOCC1. The first kappa shape index (κ1) is 11.4. The second-order valence-corrected chi connectivity index (χ2v) is 5.76. The van der Waals surface area contributed by atoms with E-state index in [1.54, 1.807) is 0 Å². The molecule has 1 aliphatic carbocycles. The van der Waals surface area contributed by atoms with E-state index in [0.717, 1.165) is 18.4 Å². The van der Waals surface area contributed by atoms with E-state index in [9.17, 15) is 5.11 Å². The van der Waals surface area contributed by atoms with Crippen molar-refractivity contribution in [2.45, 2.75) is 31.3 Å². The zero-order chi connectivity index (χ0) is 12.9. The average Bonchev–Trinajstić information content (AvgIpc) is 2.85. The van der Waals surface area contributed by atoms with Crippen molar-refractivity contribution in [1.29, 1.82) is 0 Å². The highest BCUT2D eigenvalue weighted by atomic mass is 16.5. The summed E-state index contributed by atoms with van der Waals surface area (Å²) in [5, 5.41) is 13.6. The minimum absolute atomic E-state index is 0.652. The first-order valence-electron chi connectivity index (χ1n) is 7.12. The van der Waals surface area contributed by atoms with E-state index in [4.69, 9.17) is 4.74 Å². The van der Waals surface area contributed by atoms with Crippen LogP contribution < -0.4 is 0 Å². The summed E-state index contributed by atoms with van der Waals surface area (Å²) in [6.07, 6.45) is 3.67. The van der Waals surface area contributed by atoms with E-state index < -0.39 is 5.60 Å². The fraction of sp³-hybridized carbons (Fsp3) is 0.412. The lowest BCUT2D eigenvalue weighted by molar-refractivity contribution is -0.0669. The number of benzene rings is 2. The van der Waals surface area contributed by atoms with E-state index in [1.165, 1.54) is 21.9 Å². The lowest BCUT2D eigenvalue weighted by Crippen LogP contribution is -2.33. The molecule has 0 radical (unpaired) electrons. The van der Waals surface area contributed by atoms with Gasteiger partial charge in [-0.05, 0) is 40.3 Å². The monoisotopic (exact) mass is 254 g/mol. The second-order valence-electron chi connectivity index (χ2n) is 5.76. The molecule has 0 bridgehead atoms. The largest absolute Gasteiger partial charge is 0.385 e. The summed E-state index contributed by atoms with van der Waals surface area (Å²) >= 11 is 0. The predicted octanol–water partition coefficient (Wildman–Crippen LogP) is 2.94. The molecule has 1 N–H and O–H groups in total. The van der Waals surface area contributed by atoms with Crippen molar-refractivity contribution in [3.05, 3.63) is 47.0 Å². The fourth-order valence-corrected chi connectivity index (χ4v) is 3.63. The maximum Gasteiger partial charge on any atom is 0.0946 e. The van der Waals surface area contributed by atoms with Gasteiger partial charge in [-0.1, -0.05) is 30.3 Å². The van der Waals surface area contributed by atoms with Gasteiger partial charge in [0, 0.05) is 26.1 Å². The van der Waals surface area contributed by atoms with Crippen LogP contribution in [0, 0.1) is 0 Å². The van der Waals surface area contributed by atoms with Crippen molar-refractivity contribution < 1.29 is 9.84 Å². The second kappa shape index (κ2) is 4.06. The molecule has 2 aromatic carbocycles. The number of rotatable bonds is 1. The highest BCUT2D eigenvalue weighted by molar-refractivity contribution is 5.93. The van der Waals surface area contributed by atoms with Crippen LogP contribution in [0.3, 0.4) is 0 Å². The van der Waals surface area contributed by atoms with E-state index in [1.807, 2.05) is 0 Å². The Kier molecular flexibility index (Phi) is 2.44. The third kappa shape index (κ3) is 1.63. The van der Waals surface area contributed by atoms with Crippen LogP contribution in [-0.4, -0.2) is 18.3 Å². The molecule has 0 spiro atoms. The fourth-order valence-electron chi connectivity index (χ4n) is 3.63. The van der Waals surface area contributed by atoms with Gasteiger partial charge in [0.15, 0.2) is 0 Å². The van der Waals surface area contributed by atoms with Crippen LogP contribution in [-0.2, 0) is 23.2 Å². The van der Waals surface area contributed by atoms with Crippen molar-refractivity contribution in [3.8, 4) is 0 Å². The van der Waals surface area contributed by atoms with E-state index >= 15 is 0 Å². The van der Waals surface area contributed by atoms with Crippen LogP contribution in [0.2, 0.25) is 0 Å². The van der Waals surface area contributed by atoms with E-state index in [2.05, 4.69) is 30.3 Å². The van der Waals surface area contributed by atoms with Crippen molar-refractivity contribution >= 4 is 10.8 Å². The molecule has 2 aromatic rings. The molecule has 0 unspecified atom stereocenters. The predicted molar refractivity (Wildman–Crippen MR) is 75.3 cm³/mol. The Labute approximate surface area is 113 Å². The summed E-state index contributed by atoms with van der Waals surface area (Å²) in [4.78, 5) is 0. The van der Waals surface area contributed by atoms with Crippen molar-refractivity contribution in [3.63, 3.8) is 0 Å². The summed E-state index contributed by atoms with van der Waals surface area (Å²) < 4.78 is 5.40. The summed E-state index contributed by atoms with van der Waals surface area (Å²) in [5.74, 6) is 0. The molecule has 0 amide bonds. The minimum atomic E-state index is -0.710. The quantitative estimate of drug-likeness (QED) is 0.848. The van der Waals surface area contributed by atoms with Gasteiger partial charge < -0.3 is 9.84 Å². The van der Waals surface area contributed by atoms with Crippen LogP contribution in [0.4, 0.5) is 0 Å². The first-order chi connectivity index (χ1) is 9.28. The Morgan fingerprint density at radius 2 is 1.68 bits per heavy atom. The summed E-state index contributed by atoms with van der Waals surface area (Å²) in [6.45, 7) is 1.30. The molecular formula is C17H18O2. The Morgan fingerprint density at radius 1 is 0.947 bits per heavy atom. The highest BCUT2D eigenvalue weighted by Crippen LogP contribution is 2.40. The normalized spacial score (nSPS) is 20.9. The van der Waals surface area contributed by atoms with Gasteiger partial charge >= 0.3 is 0 Å². The molecule has 2 nitrogen and oxygen atoms in total. The van der Waals surface area contributed by atoms with Gasteiger partial charge in [0.05, 0.1) is 5.60 Å². The number of aliphatic hydroxyl groups is 1. The molecule has 2 heteroatoms. The van der Waals surface area contributed by atoms with Gasteiger partial charge in [0.1, 0.15) is 0 Å². The lowest BCUT2D eigenvalue weighted by atomic mass is 9.83. The molecule has 0 aromatic heterocycles. The molecule has 98 valence electrons. The van der Waals surface area contributed by atoms with Gasteiger partial charge in [-0.15, -0.1) is 0 Å². The van der Waals surface area contributed by atoms with Gasteiger partial charge in [0.2, 0.25) is 0 Å². The van der Waals surface area contributed by atoms with Gasteiger partial charge in [-0.3, -0.25) is 0 Å². The zero-order valence-corrected chi connectivity index (χ0v) is 11.0. The zero-order valence-electron chi connectivity index (χ0n) is 11.0. The van der Waals surface area contributed by atoms with Crippen LogP contribution in [0.5, 0.6) is 0 Å². The molecule has 0 saturated carbocycles. The van der Waals surface area contributed by atoms with Crippen LogP contribution in [0.15, 0.2) is 30.3 Å². The Morgan fingerprint density at radius 3 is 2.47 bits per heavy atom. The lowest BCUT2D eigenvalue weighted by Gasteiger charge is -2.33. The summed E-state index contributed by atoms with van der Waals surface area (Å²) in [6, 6.07) is 10.9. The van der Waals surface area contributed by atoms with Gasteiger partial charge in [0.25, 0.3) is 0 Å². The van der Waals surface area contributed by atoms with Gasteiger partial charge in [-0.2, -0.15) is 0 Å². The molecule has 1 heterocycles. The van der Waals surface area contributed by atoms with Crippen molar-refractivity contribution in [2.24, 2.45) is 0 Å². The molecule has 4 rings (SSSR count). The first-order valence-corrected chi connectivity index (χ1v) is 7.12. The van der Waals surface area contributed by atoms with Crippen LogP contribution >= 0.6 is 0 Å². The Hall–Kier alpha value is -1.38. The smallest absolute Gasteiger partial charge is 0.0946 e. The summed E-state index contributed by atoms with van der Waals surface area (Å²) in [5.41, 5.74) is 3.26. The Bertz CT molecular complexity index is 629. The average molecular weight is 254 g/mol. The van der Waals surface area contributed by atoms with E-state index in [-0.39, 0.29) is 0 Å².